The number of unbranched alkanes of at least 4 members (excludes halogenated alkanes) is 1. The molecule has 3 rings (SSSR count). The minimum Gasteiger partial charge on any atom is -0.506 e. The van der Waals surface area contributed by atoms with Gasteiger partial charge in [0.15, 0.2) is 0 Å². The van der Waals surface area contributed by atoms with E-state index in [0.717, 1.165) is 53.6 Å². The molecule has 0 aromatic heterocycles. The summed E-state index contributed by atoms with van der Waals surface area (Å²) in [7, 11) is 0. The van der Waals surface area contributed by atoms with Crippen LogP contribution in [0.2, 0.25) is 0 Å². The minimum atomic E-state index is -0.896. The lowest BCUT2D eigenvalue weighted by Gasteiger charge is -2.14. The smallest absolute Gasteiger partial charge is 0.293 e. The van der Waals surface area contributed by atoms with Gasteiger partial charge in [0.25, 0.3) is 10.9 Å². The van der Waals surface area contributed by atoms with E-state index in [9.17, 15) is 29.6 Å². The molecule has 1 saturated heterocycles. The lowest BCUT2D eigenvalue weighted by molar-refractivity contribution is -0.384. The summed E-state index contributed by atoms with van der Waals surface area (Å²) in [6, 6.07) is 10.5. The van der Waals surface area contributed by atoms with E-state index in [0.29, 0.717) is 5.69 Å². The molecular weight excluding hydrogens is 422 g/mol. The van der Waals surface area contributed by atoms with Crippen LogP contribution in [0.4, 0.5) is 21.9 Å². The fraction of sp³-hybridized carbons (Fsp3) is 0.286. The number of aryl methyl sites for hydroxylation is 1. The van der Waals surface area contributed by atoms with Crippen molar-refractivity contribution < 1.29 is 24.4 Å². The van der Waals surface area contributed by atoms with Gasteiger partial charge in [-0.1, -0.05) is 25.5 Å². The van der Waals surface area contributed by atoms with Gasteiger partial charge in [0.1, 0.15) is 11.0 Å². The van der Waals surface area contributed by atoms with Gasteiger partial charge in [-0.15, -0.1) is 0 Å². The Labute approximate surface area is 182 Å². The molecule has 1 heterocycles. The molecule has 3 amide bonds. The van der Waals surface area contributed by atoms with E-state index in [1.54, 1.807) is 12.1 Å². The van der Waals surface area contributed by atoms with Crippen LogP contribution in [0.25, 0.3) is 0 Å². The summed E-state index contributed by atoms with van der Waals surface area (Å²) in [4.78, 5) is 48.6. The number of anilines is 2. The molecule has 1 unspecified atom stereocenters. The first kappa shape index (κ1) is 22.3. The van der Waals surface area contributed by atoms with Gasteiger partial charge in [-0.25, -0.2) is 4.90 Å². The van der Waals surface area contributed by atoms with Crippen LogP contribution in [0.15, 0.2) is 42.5 Å². The molecule has 1 fully saturated rings. The number of carbonyl (C=O) groups excluding carboxylic acids is 3. The lowest BCUT2D eigenvalue weighted by Crippen LogP contribution is -2.32. The number of benzene rings is 2. The normalized spacial score (nSPS) is 15.9. The van der Waals surface area contributed by atoms with Crippen LogP contribution in [0.5, 0.6) is 5.75 Å². The Morgan fingerprint density at radius 3 is 2.55 bits per heavy atom. The van der Waals surface area contributed by atoms with Crippen molar-refractivity contribution in [1.82, 2.24) is 0 Å². The Morgan fingerprint density at radius 1 is 1.23 bits per heavy atom. The minimum absolute atomic E-state index is 0.0168. The molecule has 2 N–H and O–H groups in total. The van der Waals surface area contributed by atoms with Gasteiger partial charge in [-0.05, 0) is 48.4 Å². The van der Waals surface area contributed by atoms with Crippen LogP contribution in [0.3, 0.4) is 0 Å². The Bertz CT molecular complexity index is 1020. The zero-order valence-corrected chi connectivity index (χ0v) is 17.6. The topological polar surface area (TPSA) is 130 Å². The average Bonchev–Trinajstić information content (AvgIpc) is 3.01. The maximum Gasteiger partial charge on any atom is 0.293 e. The third-order valence-electron chi connectivity index (χ3n) is 4.77. The van der Waals surface area contributed by atoms with Crippen molar-refractivity contribution in [1.29, 1.82) is 0 Å². The summed E-state index contributed by atoms with van der Waals surface area (Å²) in [6.45, 7) is 2.10. The van der Waals surface area contributed by atoms with Crippen molar-refractivity contribution in [2.24, 2.45) is 0 Å². The second kappa shape index (κ2) is 9.61. The highest BCUT2D eigenvalue weighted by Crippen LogP contribution is 2.34. The SMILES string of the molecule is CCCCc1ccc(N2C(=O)SC(CC(=O)Nc3ccc([N+](=O)[O-])cc3O)C2=O)cc1. The standard InChI is InChI=1S/C21H21N3O6S/c1-2-3-4-13-5-7-14(8-6-13)23-20(27)18(31-21(23)28)12-19(26)22-16-10-9-15(24(29)30)11-17(16)25/h5-11,18,25H,2-4,12H2,1H3,(H,22,26). The molecule has 1 atom stereocenters. The molecule has 0 saturated carbocycles. The van der Waals surface area contributed by atoms with Crippen molar-refractivity contribution >= 4 is 45.9 Å². The molecule has 31 heavy (non-hydrogen) atoms. The fourth-order valence-corrected chi connectivity index (χ4v) is 4.11. The summed E-state index contributed by atoms with van der Waals surface area (Å²) >= 11 is 0.769. The van der Waals surface area contributed by atoms with Crippen LogP contribution in [0.1, 0.15) is 31.7 Å². The summed E-state index contributed by atoms with van der Waals surface area (Å²) in [5, 5.41) is 21.6. The number of non-ortho nitro benzene ring substituents is 1. The number of nitrogens with one attached hydrogen (secondary N) is 1. The first-order valence-electron chi connectivity index (χ1n) is 9.71. The van der Waals surface area contributed by atoms with Gasteiger partial charge in [0.05, 0.1) is 22.4 Å². The van der Waals surface area contributed by atoms with Crippen LogP contribution < -0.4 is 10.2 Å². The molecular formula is C21H21N3O6S. The van der Waals surface area contributed by atoms with Crippen LogP contribution in [0, 0.1) is 10.1 Å². The predicted octanol–water partition coefficient (Wildman–Crippen LogP) is 4.24. The number of aromatic hydroxyl groups is 1. The number of hydrogen-bond acceptors (Lipinski definition) is 7. The second-order valence-corrected chi connectivity index (χ2v) is 8.18. The Balaban J connectivity index is 1.64. The quantitative estimate of drug-likeness (QED) is 0.354. The monoisotopic (exact) mass is 443 g/mol. The highest BCUT2D eigenvalue weighted by Gasteiger charge is 2.41. The van der Waals surface area contributed by atoms with E-state index in [4.69, 9.17) is 0 Å². The maximum atomic E-state index is 12.7. The van der Waals surface area contributed by atoms with Crippen LogP contribution in [-0.4, -0.2) is 32.3 Å². The maximum absolute atomic E-state index is 12.7. The molecule has 0 aliphatic carbocycles. The molecule has 1 aliphatic rings. The first-order valence-corrected chi connectivity index (χ1v) is 10.6. The second-order valence-electron chi connectivity index (χ2n) is 7.03. The number of carbonyl (C=O) groups is 3. The fourth-order valence-electron chi connectivity index (χ4n) is 3.12. The Kier molecular flexibility index (Phi) is 6.91. The number of phenols is 1. The Hall–Kier alpha value is -3.40. The number of thioether (sulfide) groups is 1. The zero-order valence-electron chi connectivity index (χ0n) is 16.7. The molecule has 2 aromatic carbocycles. The molecule has 1 aliphatic heterocycles. The van der Waals surface area contributed by atoms with E-state index >= 15 is 0 Å². The van der Waals surface area contributed by atoms with Crippen molar-refractivity contribution in [2.45, 2.75) is 37.9 Å². The first-order chi connectivity index (χ1) is 14.8. The third kappa shape index (κ3) is 5.21. The summed E-state index contributed by atoms with van der Waals surface area (Å²) in [5.41, 5.74) is 1.24. The molecule has 10 heteroatoms. The summed E-state index contributed by atoms with van der Waals surface area (Å²) in [6.07, 6.45) is 2.77. The number of nitro groups is 1. The van der Waals surface area contributed by atoms with E-state index in [1.165, 1.54) is 6.07 Å². The van der Waals surface area contributed by atoms with Gasteiger partial charge < -0.3 is 10.4 Å². The number of nitro benzene ring substituents is 1. The van der Waals surface area contributed by atoms with Crippen molar-refractivity contribution in [2.75, 3.05) is 10.2 Å². The number of phenolic OH excluding ortho intramolecular Hbond substituents is 1. The largest absolute Gasteiger partial charge is 0.506 e. The van der Waals surface area contributed by atoms with E-state index in [-0.39, 0.29) is 17.8 Å². The van der Waals surface area contributed by atoms with Crippen molar-refractivity contribution in [3.05, 3.63) is 58.1 Å². The van der Waals surface area contributed by atoms with Gasteiger partial charge in [0.2, 0.25) is 11.8 Å². The molecule has 0 bridgehead atoms. The highest BCUT2D eigenvalue weighted by atomic mass is 32.2. The molecule has 9 nitrogen and oxygen atoms in total. The molecule has 2 aromatic rings. The Morgan fingerprint density at radius 2 is 1.94 bits per heavy atom. The van der Waals surface area contributed by atoms with E-state index < -0.39 is 33.0 Å². The third-order valence-corrected chi connectivity index (χ3v) is 5.81. The number of hydrogen-bond donors (Lipinski definition) is 2. The lowest BCUT2D eigenvalue weighted by atomic mass is 10.1. The number of imide groups is 1. The van der Waals surface area contributed by atoms with E-state index in [1.807, 2.05) is 12.1 Å². The van der Waals surface area contributed by atoms with Crippen LogP contribution in [-0.2, 0) is 16.0 Å². The van der Waals surface area contributed by atoms with Gasteiger partial charge in [-0.3, -0.25) is 24.5 Å². The summed E-state index contributed by atoms with van der Waals surface area (Å²) in [5.74, 6) is -1.55. The van der Waals surface area contributed by atoms with Crippen molar-refractivity contribution in [3.8, 4) is 5.75 Å². The van der Waals surface area contributed by atoms with Crippen molar-refractivity contribution in [3.63, 3.8) is 0 Å². The highest BCUT2D eigenvalue weighted by molar-refractivity contribution is 8.15. The van der Waals surface area contributed by atoms with Gasteiger partial charge in [-0.2, -0.15) is 0 Å². The summed E-state index contributed by atoms with van der Waals surface area (Å²) < 4.78 is 0. The predicted molar refractivity (Wildman–Crippen MR) is 117 cm³/mol. The van der Waals surface area contributed by atoms with E-state index in [2.05, 4.69) is 12.2 Å². The van der Waals surface area contributed by atoms with Gasteiger partial charge in [0, 0.05) is 12.5 Å². The number of amides is 3. The van der Waals surface area contributed by atoms with Crippen LogP contribution >= 0.6 is 11.8 Å². The number of rotatable bonds is 8. The average molecular weight is 443 g/mol. The van der Waals surface area contributed by atoms with Gasteiger partial charge >= 0.3 is 0 Å². The molecule has 162 valence electrons. The zero-order chi connectivity index (χ0) is 22.5. The molecule has 0 radical (unpaired) electrons. The molecule has 0 spiro atoms. The number of nitrogens with zero attached hydrogens (tertiary/aromatic N) is 2.